The number of aliphatic hydroxyl groups is 4. The molecule has 1 fully saturated rings. The van der Waals surface area contributed by atoms with E-state index in [0.717, 1.165) is 41.5 Å². The van der Waals surface area contributed by atoms with Crippen molar-refractivity contribution >= 4 is 33.4 Å². The summed E-state index contributed by atoms with van der Waals surface area (Å²) in [6.45, 7) is 2.43. The molecule has 6 atom stereocenters. The Balaban J connectivity index is 1.77. The molecule has 0 spiro atoms. The zero-order valence-corrected chi connectivity index (χ0v) is 23.7. The average molecular weight is 589 g/mol. The number of aromatic nitrogens is 1. The third kappa shape index (κ3) is 6.85. The fourth-order valence-electron chi connectivity index (χ4n) is 4.96. The highest BCUT2D eigenvalue weighted by Gasteiger charge is 2.57. The van der Waals surface area contributed by atoms with Gasteiger partial charge in [0, 0.05) is 6.92 Å². The Morgan fingerprint density at radius 3 is 2.63 bits per heavy atom. The number of aliphatic hydroxyl groups excluding tert-OH is 4. The van der Waals surface area contributed by atoms with E-state index in [1.165, 1.54) is 18.3 Å². The molecule has 2 heterocycles. The van der Waals surface area contributed by atoms with Crippen LogP contribution in [0.4, 0.5) is 0 Å². The molecule has 4 rings (SSSR count). The zero-order chi connectivity index (χ0) is 29.7. The number of ether oxygens (including phenoxy) is 2. The highest BCUT2D eigenvalue weighted by Crippen LogP contribution is 2.41. The number of carbonyl (C=O) groups excluding carboxylic acids is 1. The number of nitrogens with zero attached hydrogens (tertiary/aromatic N) is 1. The number of carboxylic acids is 1. The first-order valence-corrected chi connectivity index (χ1v) is 14.4. The molecular weight excluding hydrogens is 552 g/mol. The number of carboxylic acid groups (broad SMARTS) is 1. The first-order valence-electron chi connectivity index (χ1n) is 13.6. The number of unbranched alkanes of at least 4 members (excludes halogenated alkanes) is 2. The van der Waals surface area contributed by atoms with Crippen molar-refractivity contribution in [2.75, 3.05) is 6.61 Å². The summed E-state index contributed by atoms with van der Waals surface area (Å²) in [5.41, 5.74) is 2.32. The zero-order valence-electron chi connectivity index (χ0n) is 22.9. The quantitative estimate of drug-likeness (QED) is 0.172. The summed E-state index contributed by atoms with van der Waals surface area (Å²) in [4.78, 5) is 29.3. The van der Waals surface area contributed by atoms with Crippen molar-refractivity contribution in [3.05, 3.63) is 48.0 Å². The fourth-order valence-corrected chi connectivity index (χ4v) is 5.95. The molecule has 0 saturated carbocycles. The van der Waals surface area contributed by atoms with Crippen LogP contribution in [0.1, 0.15) is 45.1 Å². The Morgan fingerprint density at radius 1 is 1.22 bits per heavy atom. The van der Waals surface area contributed by atoms with Crippen LogP contribution in [0.15, 0.2) is 42.5 Å². The summed E-state index contributed by atoms with van der Waals surface area (Å²) >= 11 is 1.41. The molecule has 1 aromatic heterocycles. The minimum Gasteiger partial charge on any atom is -0.476 e. The number of amides is 1. The number of rotatable bonds is 12. The molecule has 1 saturated heterocycles. The van der Waals surface area contributed by atoms with E-state index in [1.807, 2.05) is 36.4 Å². The normalized spacial score (nSPS) is 24.1. The third-order valence-corrected chi connectivity index (χ3v) is 8.17. The van der Waals surface area contributed by atoms with Crippen LogP contribution < -0.4 is 10.1 Å². The van der Waals surface area contributed by atoms with Gasteiger partial charge in [-0.2, -0.15) is 0 Å². The summed E-state index contributed by atoms with van der Waals surface area (Å²) in [5.74, 6) is -4.54. The summed E-state index contributed by atoms with van der Waals surface area (Å²) in [7, 11) is 0. The van der Waals surface area contributed by atoms with Crippen LogP contribution in [-0.2, 0) is 20.7 Å². The highest BCUT2D eigenvalue weighted by molar-refractivity contribution is 7.21. The molecule has 41 heavy (non-hydrogen) atoms. The molecule has 0 radical (unpaired) electrons. The maximum absolute atomic E-state index is 12.7. The lowest BCUT2D eigenvalue weighted by atomic mass is 9.88. The number of thiazole rings is 1. The predicted octanol–water partition coefficient (Wildman–Crippen LogP) is 2.22. The second-order valence-corrected chi connectivity index (χ2v) is 11.3. The standard InChI is InChI=1S/C29H36N2O9S/c1-3-4-5-8-17-11-12-22(18(13-17)27-31-19-9-6-7-10-23(19)41-27)39-29(28(37)38)14-20(34)24(30-16(2)33)26(40-29)25(36)21(35)15-32/h6-7,9-13,20-21,24-26,32,34-36H,3-5,8,14-15H2,1-2H3,(H,30,33)(H,37,38)/t20-,21+,24+,25+,26+,29+/m0/s1. The lowest BCUT2D eigenvalue weighted by Crippen LogP contribution is -2.68. The van der Waals surface area contributed by atoms with E-state index in [4.69, 9.17) is 14.5 Å². The Bertz CT molecular complexity index is 1330. The van der Waals surface area contributed by atoms with Gasteiger partial charge >= 0.3 is 11.8 Å². The Kier molecular flexibility index (Phi) is 9.95. The maximum atomic E-state index is 12.7. The van der Waals surface area contributed by atoms with Gasteiger partial charge in [0.15, 0.2) is 0 Å². The van der Waals surface area contributed by atoms with E-state index in [9.17, 15) is 35.1 Å². The first-order chi connectivity index (χ1) is 19.6. The van der Waals surface area contributed by atoms with E-state index >= 15 is 0 Å². The maximum Gasteiger partial charge on any atom is 0.377 e. The molecule has 222 valence electrons. The molecule has 6 N–H and O–H groups in total. The lowest BCUT2D eigenvalue weighted by molar-refractivity contribution is -0.284. The van der Waals surface area contributed by atoms with E-state index < -0.39 is 61.1 Å². The van der Waals surface area contributed by atoms with Gasteiger partial charge in [-0.15, -0.1) is 11.3 Å². The smallest absolute Gasteiger partial charge is 0.377 e. The number of nitrogens with one attached hydrogen (secondary N) is 1. The number of para-hydroxylation sites is 1. The van der Waals surface area contributed by atoms with Gasteiger partial charge in [0.1, 0.15) is 29.1 Å². The van der Waals surface area contributed by atoms with Crippen molar-refractivity contribution in [1.29, 1.82) is 0 Å². The number of benzene rings is 2. The van der Waals surface area contributed by atoms with Gasteiger partial charge in [0.2, 0.25) is 5.91 Å². The van der Waals surface area contributed by atoms with Crippen LogP contribution in [0, 0.1) is 0 Å². The number of hydrogen-bond donors (Lipinski definition) is 6. The Morgan fingerprint density at radius 2 is 1.98 bits per heavy atom. The second-order valence-electron chi connectivity index (χ2n) is 10.3. The van der Waals surface area contributed by atoms with Crippen molar-refractivity contribution in [2.45, 2.75) is 82.2 Å². The topological polar surface area (TPSA) is 179 Å². The molecule has 0 bridgehead atoms. The van der Waals surface area contributed by atoms with Crippen LogP contribution in [0.3, 0.4) is 0 Å². The van der Waals surface area contributed by atoms with Crippen LogP contribution in [0.2, 0.25) is 0 Å². The molecule has 11 nitrogen and oxygen atoms in total. The van der Waals surface area contributed by atoms with Gasteiger partial charge in [-0.25, -0.2) is 9.78 Å². The number of aryl methyl sites for hydroxylation is 1. The SMILES string of the molecule is CCCCCc1ccc(O[C@]2(C(=O)O)C[C@H](O)[C@@H](NC(C)=O)[C@H]([C@H](O)[C@H](O)CO)O2)c(-c2nc3ccccc3s2)c1. The second kappa shape index (κ2) is 13.2. The van der Waals surface area contributed by atoms with Gasteiger partial charge in [-0.05, 0) is 42.7 Å². The van der Waals surface area contributed by atoms with Crippen molar-refractivity contribution < 1.29 is 44.6 Å². The molecule has 1 amide bonds. The summed E-state index contributed by atoms with van der Waals surface area (Å²) in [6, 6.07) is 11.7. The van der Waals surface area contributed by atoms with Crippen LogP contribution >= 0.6 is 11.3 Å². The fraction of sp³-hybridized carbons (Fsp3) is 0.483. The molecule has 1 aliphatic heterocycles. The summed E-state index contributed by atoms with van der Waals surface area (Å²) in [5, 5.41) is 54.6. The molecule has 0 unspecified atom stereocenters. The number of carbonyl (C=O) groups is 2. The van der Waals surface area contributed by atoms with Gasteiger partial charge in [0.05, 0.1) is 41.0 Å². The summed E-state index contributed by atoms with van der Waals surface area (Å²) in [6.07, 6.45) is -3.51. The molecule has 2 aromatic carbocycles. The number of hydrogen-bond acceptors (Lipinski definition) is 10. The van der Waals surface area contributed by atoms with Crippen LogP contribution in [-0.4, -0.2) is 85.2 Å². The minimum absolute atomic E-state index is 0.131. The minimum atomic E-state index is -2.51. The van der Waals surface area contributed by atoms with Crippen molar-refractivity contribution in [3.63, 3.8) is 0 Å². The average Bonchev–Trinajstić information content (AvgIpc) is 3.38. The lowest BCUT2D eigenvalue weighted by Gasteiger charge is -2.46. The van der Waals surface area contributed by atoms with Gasteiger partial charge < -0.3 is 40.3 Å². The molecule has 3 aromatic rings. The monoisotopic (exact) mass is 588 g/mol. The van der Waals surface area contributed by atoms with E-state index in [2.05, 4.69) is 12.2 Å². The van der Waals surface area contributed by atoms with Gasteiger partial charge in [0.25, 0.3) is 0 Å². The highest BCUT2D eigenvalue weighted by atomic mass is 32.1. The first kappa shape index (κ1) is 30.8. The van der Waals surface area contributed by atoms with Crippen molar-refractivity contribution in [3.8, 4) is 16.3 Å². The largest absolute Gasteiger partial charge is 0.476 e. The molecule has 1 aliphatic rings. The third-order valence-electron chi connectivity index (χ3n) is 7.10. The van der Waals surface area contributed by atoms with Crippen molar-refractivity contribution in [1.82, 2.24) is 10.3 Å². The van der Waals surface area contributed by atoms with Gasteiger partial charge in [-0.1, -0.05) is 38.0 Å². The van der Waals surface area contributed by atoms with E-state index in [0.29, 0.717) is 10.6 Å². The van der Waals surface area contributed by atoms with Crippen molar-refractivity contribution in [2.24, 2.45) is 0 Å². The Hall–Kier alpha value is -3.13. The number of fused-ring (bicyclic) bond motifs is 1. The Labute approximate surface area is 241 Å². The number of aliphatic carboxylic acids is 1. The molecule has 12 heteroatoms. The van der Waals surface area contributed by atoms with Crippen LogP contribution in [0.5, 0.6) is 5.75 Å². The van der Waals surface area contributed by atoms with E-state index in [-0.39, 0.29) is 5.75 Å². The van der Waals surface area contributed by atoms with E-state index in [1.54, 1.807) is 6.07 Å². The predicted molar refractivity (Wildman–Crippen MR) is 151 cm³/mol. The summed E-state index contributed by atoms with van der Waals surface area (Å²) < 4.78 is 12.9. The molecular formula is C29H36N2O9S. The van der Waals surface area contributed by atoms with Gasteiger partial charge in [-0.3, -0.25) is 4.79 Å². The van der Waals surface area contributed by atoms with Crippen LogP contribution in [0.25, 0.3) is 20.8 Å². The molecule has 0 aliphatic carbocycles.